The van der Waals surface area contributed by atoms with E-state index in [2.05, 4.69) is 45.3 Å². The minimum absolute atomic E-state index is 0.231. The number of aromatic nitrogens is 5. The third-order valence-corrected chi connectivity index (χ3v) is 5.78. The average Bonchev–Trinajstić information content (AvgIpc) is 3.32. The highest BCUT2D eigenvalue weighted by molar-refractivity contribution is 6.08. The van der Waals surface area contributed by atoms with Crippen LogP contribution < -0.4 is 5.32 Å². The number of para-hydroxylation sites is 2. The van der Waals surface area contributed by atoms with Gasteiger partial charge in [0.2, 0.25) is 0 Å². The van der Waals surface area contributed by atoms with E-state index in [-0.39, 0.29) is 5.91 Å². The summed E-state index contributed by atoms with van der Waals surface area (Å²) in [6, 6.07) is 20.1. The molecule has 0 aliphatic heterocycles. The van der Waals surface area contributed by atoms with E-state index in [4.69, 9.17) is 4.98 Å². The molecule has 7 nitrogen and oxygen atoms in total. The molecule has 3 aromatic heterocycles. The Morgan fingerprint density at radius 1 is 1.00 bits per heavy atom. The van der Waals surface area contributed by atoms with Gasteiger partial charge in [-0.15, -0.1) is 5.10 Å². The number of rotatable bonds is 5. The topological polar surface area (TPSA) is 77.6 Å². The smallest absolute Gasteiger partial charge is 0.273 e. The van der Waals surface area contributed by atoms with Crippen LogP contribution in [-0.2, 0) is 6.54 Å². The van der Waals surface area contributed by atoms with Crippen molar-refractivity contribution in [3.8, 4) is 5.69 Å². The van der Waals surface area contributed by atoms with Crippen LogP contribution in [0.3, 0.4) is 0 Å². The molecule has 0 radical (unpaired) electrons. The predicted octanol–water partition coefficient (Wildman–Crippen LogP) is 4.13. The molecule has 0 saturated carbocycles. The number of carbonyl (C=O) groups excluding carboxylic acids is 1. The van der Waals surface area contributed by atoms with Gasteiger partial charge in [-0.25, -0.2) is 9.67 Å². The van der Waals surface area contributed by atoms with E-state index in [0.717, 1.165) is 22.5 Å². The lowest BCUT2D eigenvalue weighted by molar-refractivity contribution is 0.0947. The van der Waals surface area contributed by atoms with Crippen molar-refractivity contribution in [2.24, 2.45) is 0 Å². The van der Waals surface area contributed by atoms with Crippen molar-refractivity contribution in [1.82, 2.24) is 29.9 Å². The molecule has 160 valence electrons. The van der Waals surface area contributed by atoms with Gasteiger partial charge in [0.25, 0.3) is 5.91 Å². The van der Waals surface area contributed by atoms with Gasteiger partial charge in [-0.2, -0.15) is 0 Å². The summed E-state index contributed by atoms with van der Waals surface area (Å²) in [5, 5.41) is 13.6. The number of carbonyl (C=O) groups is 1. The fourth-order valence-electron chi connectivity index (χ4n) is 4.32. The van der Waals surface area contributed by atoms with Crippen molar-refractivity contribution in [2.45, 2.75) is 27.3 Å². The molecule has 0 fully saturated rings. The highest BCUT2D eigenvalue weighted by Gasteiger charge is 2.18. The highest BCUT2D eigenvalue weighted by atomic mass is 16.2. The van der Waals surface area contributed by atoms with Crippen molar-refractivity contribution < 1.29 is 4.79 Å². The zero-order valence-corrected chi connectivity index (χ0v) is 18.3. The number of nitrogens with zero attached hydrogens (tertiary/aromatic N) is 5. The summed E-state index contributed by atoms with van der Waals surface area (Å²) in [5.41, 5.74) is 6.17. The Morgan fingerprint density at radius 3 is 2.56 bits per heavy atom. The molecule has 1 N–H and O–H groups in total. The normalized spacial score (nSPS) is 11.3. The Hall–Kier alpha value is -4.00. The maximum atomic E-state index is 12.8. The van der Waals surface area contributed by atoms with E-state index in [0.29, 0.717) is 24.5 Å². The second kappa shape index (κ2) is 7.92. The standard InChI is InChI=1S/C25H24N6O/c1-16-15-17(2)27-24-22(16)20-11-7-8-12-21(20)30(24)14-13-26-25(32)23-18(3)31(29-28-23)19-9-5-4-6-10-19/h4-12,15H,13-14H2,1-3H3,(H,26,32). The van der Waals surface area contributed by atoms with Crippen LogP contribution in [0.1, 0.15) is 27.4 Å². The summed E-state index contributed by atoms with van der Waals surface area (Å²) in [6.07, 6.45) is 0. The van der Waals surface area contributed by atoms with E-state index < -0.39 is 0 Å². The minimum atomic E-state index is -0.231. The SMILES string of the molecule is Cc1cc(C)c2c3ccccc3n(CCNC(=O)c3nnn(-c4ccccc4)c3C)c2n1. The number of pyridine rings is 1. The summed E-state index contributed by atoms with van der Waals surface area (Å²) in [5.74, 6) is -0.231. The van der Waals surface area contributed by atoms with Crippen LogP contribution in [0.4, 0.5) is 0 Å². The molecular weight excluding hydrogens is 400 g/mol. The monoisotopic (exact) mass is 424 g/mol. The Bertz CT molecular complexity index is 1450. The van der Waals surface area contributed by atoms with Crippen molar-refractivity contribution in [3.05, 3.63) is 83.3 Å². The van der Waals surface area contributed by atoms with Crippen molar-refractivity contribution >= 4 is 27.8 Å². The number of benzene rings is 2. The first-order chi connectivity index (χ1) is 15.5. The molecule has 7 heteroatoms. The minimum Gasteiger partial charge on any atom is -0.349 e. The zero-order valence-electron chi connectivity index (χ0n) is 18.3. The molecule has 0 aliphatic carbocycles. The van der Waals surface area contributed by atoms with E-state index in [1.807, 2.05) is 56.3 Å². The molecule has 3 heterocycles. The van der Waals surface area contributed by atoms with Gasteiger partial charge in [0.05, 0.1) is 16.9 Å². The van der Waals surface area contributed by atoms with Crippen LogP contribution in [-0.4, -0.2) is 37.0 Å². The van der Waals surface area contributed by atoms with Gasteiger partial charge >= 0.3 is 0 Å². The lowest BCUT2D eigenvalue weighted by Gasteiger charge is -2.09. The molecule has 0 aliphatic rings. The molecule has 0 bridgehead atoms. The van der Waals surface area contributed by atoms with E-state index in [1.54, 1.807) is 4.68 Å². The number of fused-ring (bicyclic) bond motifs is 3. The Morgan fingerprint density at radius 2 is 1.75 bits per heavy atom. The summed E-state index contributed by atoms with van der Waals surface area (Å²) >= 11 is 0. The van der Waals surface area contributed by atoms with Crippen LogP contribution >= 0.6 is 0 Å². The van der Waals surface area contributed by atoms with Gasteiger partial charge in [-0.05, 0) is 50.6 Å². The quantitative estimate of drug-likeness (QED) is 0.460. The summed E-state index contributed by atoms with van der Waals surface area (Å²) < 4.78 is 3.86. The molecule has 1 amide bonds. The van der Waals surface area contributed by atoms with Crippen molar-refractivity contribution in [1.29, 1.82) is 0 Å². The summed E-state index contributed by atoms with van der Waals surface area (Å²) in [4.78, 5) is 17.6. The maximum absolute atomic E-state index is 12.8. The van der Waals surface area contributed by atoms with Crippen molar-refractivity contribution in [2.75, 3.05) is 6.54 Å². The van der Waals surface area contributed by atoms with Gasteiger partial charge in [-0.1, -0.05) is 41.6 Å². The maximum Gasteiger partial charge on any atom is 0.273 e. The molecule has 5 aromatic rings. The molecule has 0 atom stereocenters. The first-order valence-electron chi connectivity index (χ1n) is 10.7. The van der Waals surface area contributed by atoms with Crippen LogP contribution in [0.2, 0.25) is 0 Å². The number of hydrogen-bond donors (Lipinski definition) is 1. The third-order valence-electron chi connectivity index (χ3n) is 5.78. The predicted molar refractivity (Wildman–Crippen MR) is 125 cm³/mol. The van der Waals surface area contributed by atoms with Crippen molar-refractivity contribution in [3.63, 3.8) is 0 Å². The second-order valence-electron chi connectivity index (χ2n) is 7.97. The lowest BCUT2D eigenvalue weighted by atomic mass is 10.1. The van der Waals surface area contributed by atoms with Crippen LogP contribution in [0.5, 0.6) is 0 Å². The Kier molecular flexibility index (Phi) is 4.93. The molecular formula is C25H24N6O. The highest BCUT2D eigenvalue weighted by Crippen LogP contribution is 2.30. The lowest BCUT2D eigenvalue weighted by Crippen LogP contribution is -2.28. The number of nitrogens with one attached hydrogen (secondary N) is 1. The van der Waals surface area contributed by atoms with Crippen LogP contribution in [0, 0.1) is 20.8 Å². The van der Waals surface area contributed by atoms with Gasteiger partial charge in [-0.3, -0.25) is 4.79 Å². The Labute approximate surface area is 185 Å². The fraction of sp³-hybridized carbons (Fsp3) is 0.200. The fourth-order valence-corrected chi connectivity index (χ4v) is 4.32. The van der Waals surface area contributed by atoms with Crippen LogP contribution in [0.25, 0.3) is 27.6 Å². The van der Waals surface area contributed by atoms with Crippen LogP contribution in [0.15, 0.2) is 60.7 Å². The zero-order chi connectivity index (χ0) is 22.2. The number of hydrogen-bond acceptors (Lipinski definition) is 4. The molecule has 0 spiro atoms. The largest absolute Gasteiger partial charge is 0.349 e. The molecule has 32 heavy (non-hydrogen) atoms. The van der Waals surface area contributed by atoms with Gasteiger partial charge in [0, 0.05) is 29.6 Å². The second-order valence-corrected chi connectivity index (χ2v) is 7.97. The molecule has 5 rings (SSSR count). The molecule has 0 unspecified atom stereocenters. The summed E-state index contributed by atoms with van der Waals surface area (Å²) in [6.45, 7) is 7.05. The van der Waals surface area contributed by atoms with E-state index in [9.17, 15) is 4.79 Å². The number of aryl methyl sites for hydroxylation is 2. The van der Waals surface area contributed by atoms with Gasteiger partial charge in [0.1, 0.15) is 5.65 Å². The van der Waals surface area contributed by atoms with E-state index >= 15 is 0 Å². The van der Waals surface area contributed by atoms with Gasteiger partial charge in [0.15, 0.2) is 5.69 Å². The number of amides is 1. The first-order valence-corrected chi connectivity index (χ1v) is 10.7. The average molecular weight is 425 g/mol. The summed E-state index contributed by atoms with van der Waals surface area (Å²) in [7, 11) is 0. The third kappa shape index (κ3) is 3.32. The van der Waals surface area contributed by atoms with Gasteiger partial charge < -0.3 is 9.88 Å². The molecule has 0 saturated heterocycles. The first kappa shape index (κ1) is 19.9. The van der Waals surface area contributed by atoms with E-state index in [1.165, 1.54) is 16.3 Å². The Balaban J connectivity index is 1.39. The molecule has 2 aromatic carbocycles.